The Morgan fingerprint density at radius 3 is 2.81 bits per heavy atom. The van der Waals surface area contributed by atoms with E-state index in [0.717, 1.165) is 45.1 Å². The van der Waals surface area contributed by atoms with Crippen molar-refractivity contribution >= 4 is 41.3 Å². The van der Waals surface area contributed by atoms with Gasteiger partial charge >= 0.3 is 0 Å². The summed E-state index contributed by atoms with van der Waals surface area (Å²) in [7, 11) is 3.94. The molecule has 0 aromatic carbocycles. The molecule has 1 aliphatic rings. The smallest absolute Gasteiger partial charge is 0.193 e. The molecule has 1 saturated heterocycles. The van der Waals surface area contributed by atoms with Gasteiger partial charge in [-0.25, -0.2) is 0 Å². The predicted molar refractivity (Wildman–Crippen MR) is 101 cm³/mol. The van der Waals surface area contributed by atoms with Crippen LogP contribution in [0.5, 0.6) is 0 Å². The standard InChI is InChI=1S/C15H25N3OS.HI/c1-4-13-5-6-14(20-13)9-17-15(16-2)18(3)10-12-7-8-19-11-12;/h5-6,12H,4,7-11H2,1-3H3,(H,16,17);1H. The molecular formula is C15H26IN3OS. The largest absolute Gasteiger partial charge is 0.381 e. The zero-order valence-electron chi connectivity index (χ0n) is 13.1. The average molecular weight is 423 g/mol. The van der Waals surface area contributed by atoms with Gasteiger partial charge in [0.2, 0.25) is 0 Å². The maximum absolute atomic E-state index is 5.43. The van der Waals surface area contributed by atoms with Crippen molar-refractivity contribution in [1.82, 2.24) is 10.2 Å². The number of nitrogens with zero attached hydrogens (tertiary/aromatic N) is 2. The number of nitrogens with one attached hydrogen (secondary N) is 1. The number of aliphatic imine (C=N–C) groups is 1. The Hall–Kier alpha value is -0.340. The van der Waals surface area contributed by atoms with Crippen molar-refractivity contribution in [2.45, 2.75) is 26.3 Å². The van der Waals surface area contributed by atoms with Crippen molar-refractivity contribution in [1.29, 1.82) is 0 Å². The van der Waals surface area contributed by atoms with Crippen molar-refractivity contribution in [3.8, 4) is 0 Å². The molecule has 1 aromatic rings. The quantitative estimate of drug-likeness (QED) is 0.450. The summed E-state index contributed by atoms with van der Waals surface area (Å²) in [5.41, 5.74) is 0. The second-order valence-corrected chi connectivity index (χ2v) is 6.49. The van der Waals surface area contributed by atoms with E-state index >= 15 is 0 Å². The average Bonchev–Trinajstić information content (AvgIpc) is 3.10. The summed E-state index contributed by atoms with van der Waals surface area (Å²) in [6, 6.07) is 4.42. The summed E-state index contributed by atoms with van der Waals surface area (Å²) >= 11 is 1.87. The summed E-state index contributed by atoms with van der Waals surface area (Å²) in [6.07, 6.45) is 2.27. The van der Waals surface area contributed by atoms with Gasteiger partial charge in [-0.2, -0.15) is 0 Å². The van der Waals surface area contributed by atoms with Gasteiger partial charge in [-0.3, -0.25) is 4.99 Å². The number of aryl methyl sites for hydroxylation is 1. The maximum atomic E-state index is 5.43. The Kier molecular flexibility index (Phi) is 8.58. The van der Waals surface area contributed by atoms with Gasteiger partial charge in [-0.15, -0.1) is 35.3 Å². The second kappa shape index (κ2) is 9.63. The molecule has 1 N–H and O–H groups in total. The molecule has 0 spiro atoms. The first-order chi connectivity index (χ1) is 9.72. The second-order valence-electron chi connectivity index (χ2n) is 5.23. The third kappa shape index (κ3) is 5.75. The van der Waals surface area contributed by atoms with Crippen molar-refractivity contribution in [2.75, 3.05) is 33.9 Å². The summed E-state index contributed by atoms with van der Waals surface area (Å²) in [6.45, 7) is 5.83. The topological polar surface area (TPSA) is 36.9 Å². The van der Waals surface area contributed by atoms with Crippen LogP contribution in [0.15, 0.2) is 17.1 Å². The Labute approximate surface area is 149 Å². The summed E-state index contributed by atoms with van der Waals surface area (Å²) < 4.78 is 5.43. The van der Waals surface area contributed by atoms with E-state index in [4.69, 9.17) is 4.74 Å². The van der Waals surface area contributed by atoms with Crippen LogP contribution in [0.25, 0.3) is 0 Å². The molecule has 1 atom stereocenters. The highest BCUT2D eigenvalue weighted by Gasteiger charge is 2.19. The zero-order valence-corrected chi connectivity index (χ0v) is 16.2. The van der Waals surface area contributed by atoms with Gasteiger partial charge in [-0.05, 0) is 25.0 Å². The summed E-state index contributed by atoms with van der Waals surface area (Å²) in [4.78, 5) is 9.37. The van der Waals surface area contributed by atoms with Gasteiger partial charge in [0.1, 0.15) is 0 Å². The van der Waals surface area contributed by atoms with E-state index in [0.29, 0.717) is 5.92 Å². The first kappa shape index (κ1) is 18.7. The van der Waals surface area contributed by atoms with Gasteiger partial charge in [0, 0.05) is 42.9 Å². The first-order valence-corrected chi connectivity index (χ1v) is 8.11. The van der Waals surface area contributed by atoms with E-state index in [9.17, 15) is 0 Å². The molecule has 0 aliphatic carbocycles. The molecule has 1 aliphatic heterocycles. The van der Waals surface area contributed by atoms with Crippen molar-refractivity contribution in [3.63, 3.8) is 0 Å². The molecule has 120 valence electrons. The van der Waals surface area contributed by atoms with E-state index in [2.05, 4.69) is 41.3 Å². The highest BCUT2D eigenvalue weighted by molar-refractivity contribution is 14.0. The molecule has 2 rings (SSSR count). The molecule has 21 heavy (non-hydrogen) atoms. The van der Waals surface area contributed by atoms with Crippen LogP contribution in [0.2, 0.25) is 0 Å². The van der Waals surface area contributed by atoms with Gasteiger partial charge < -0.3 is 15.0 Å². The molecule has 1 unspecified atom stereocenters. The number of rotatable bonds is 5. The predicted octanol–water partition coefficient (Wildman–Crippen LogP) is 2.97. The normalized spacial score (nSPS) is 18.4. The molecule has 0 saturated carbocycles. The minimum Gasteiger partial charge on any atom is -0.381 e. The molecule has 4 nitrogen and oxygen atoms in total. The summed E-state index contributed by atoms with van der Waals surface area (Å²) in [5.74, 6) is 1.59. The molecule has 1 fully saturated rings. The lowest BCUT2D eigenvalue weighted by Gasteiger charge is -2.24. The Bertz CT molecular complexity index is 444. The SMILES string of the molecule is CCc1ccc(CNC(=NC)N(C)CC2CCOC2)s1.I. The lowest BCUT2D eigenvalue weighted by atomic mass is 10.1. The monoisotopic (exact) mass is 423 g/mol. The van der Waals surface area contributed by atoms with Gasteiger partial charge in [0.25, 0.3) is 0 Å². The maximum Gasteiger partial charge on any atom is 0.193 e. The molecule has 0 amide bonds. The van der Waals surface area contributed by atoms with E-state index < -0.39 is 0 Å². The van der Waals surface area contributed by atoms with Crippen LogP contribution in [0.4, 0.5) is 0 Å². The molecular weight excluding hydrogens is 397 g/mol. The van der Waals surface area contributed by atoms with Crippen LogP contribution >= 0.6 is 35.3 Å². The fourth-order valence-corrected chi connectivity index (χ4v) is 3.36. The summed E-state index contributed by atoms with van der Waals surface area (Å²) in [5, 5.41) is 3.44. The van der Waals surface area contributed by atoms with E-state index in [1.54, 1.807) is 0 Å². The lowest BCUT2D eigenvalue weighted by molar-refractivity contribution is 0.181. The number of hydrogen-bond acceptors (Lipinski definition) is 3. The number of ether oxygens (including phenoxy) is 1. The van der Waals surface area contributed by atoms with Crippen LogP contribution in [0.1, 0.15) is 23.1 Å². The molecule has 0 radical (unpaired) electrons. The fraction of sp³-hybridized carbons (Fsp3) is 0.667. The van der Waals surface area contributed by atoms with Crippen molar-refractivity contribution < 1.29 is 4.74 Å². The Morgan fingerprint density at radius 1 is 1.48 bits per heavy atom. The van der Waals surface area contributed by atoms with E-state index in [1.807, 2.05) is 18.4 Å². The number of guanidine groups is 1. The molecule has 1 aromatic heterocycles. The molecule has 6 heteroatoms. The minimum absolute atomic E-state index is 0. The van der Waals surface area contributed by atoms with Crippen LogP contribution in [0, 0.1) is 5.92 Å². The minimum atomic E-state index is 0. The number of hydrogen-bond donors (Lipinski definition) is 1. The van der Waals surface area contributed by atoms with Crippen LogP contribution in [0.3, 0.4) is 0 Å². The van der Waals surface area contributed by atoms with Crippen molar-refractivity contribution in [3.05, 3.63) is 21.9 Å². The van der Waals surface area contributed by atoms with Crippen molar-refractivity contribution in [2.24, 2.45) is 10.9 Å². The highest BCUT2D eigenvalue weighted by atomic mass is 127. The van der Waals surface area contributed by atoms with Crippen LogP contribution < -0.4 is 5.32 Å². The number of thiophene rings is 1. The highest BCUT2D eigenvalue weighted by Crippen LogP contribution is 2.17. The Morgan fingerprint density at radius 2 is 2.24 bits per heavy atom. The van der Waals surface area contributed by atoms with Crippen LogP contribution in [-0.4, -0.2) is 44.7 Å². The number of halogens is 1. The lowest BCUT2D eigenvalue weighted by Crippen LogP contribution is -2.41. The van der Waals surface area contributed by atoms with Crippen LogP contribution in [-0.2, 0) is 17.7 Å². The zero-order chi connectivity index (χ0) is 14.4. The third-order valence-electron chi connectivity index (χ3n) is 3.62. The van der Waals surface area contributed by atoms with Gasteiger partial charge in [-0.1, -0.05) is 6.92 Å². The molecule has 2 heterocycles. The first-order valence-electron chi connectivity index (χ1n) is 7.30. The molecule has 0 bridgehead atoms. The van der Waals surface area contributed by atoms with E-state index in [-0.39, 0.29) is 24.0 Å². The van der Waals surface area contributed by atoms with Gasteiger partial charge in [0.05, 0.1) is 13.2 Å². The third-order valence-corrected chi connectivity index (χ3v) is 4.85. The Balaban J connectivity index is 0.00000220. The van der Waals surface area contributed by atoms with E-state index in [1.165, 1.54) is 9.75 Å². The van der Waals surface area contributed by atoms with Gasteiger partial charge in [0.15, 0.2) is 5.96 Å². The fourth-order valence-electron chi connectivity index (χ4n) is 2.46.